The van der Waals surface area contributed by atoms with Gasteiger partial charge in [-0.1, -0.05) is 13.0 Å². The summed E-state index contributed by atoms with van der Waals surface area (Å²) in [7, 11) is 0. The van der Waals surface area contributed by atoms with Crippen LogP contribution < -0.4 is 10.7 Å². The molecule has 4 heteroatoms. The first-order valence-corrected chi connectivity index (χ1v) is 8.83. The van der Waals surface area contributed by atoms with Crippen molar-refractivity contribution in [3.8, 4) is 11.8 Å². The second-order valence-electron chi connectivity index (χ2n) is 6.84. The van der Waals surface area contributed by atoms with Gasteiger partial charge in [0.2, 0.25) is 0 Å². The summed E-state index contributed by atoms with van der Waals surface area (Å²) in [6, 6.07) is 6.07. The third kappa shape index (κ3) is 3.47. The summed E-state index contributed by atoms with van der Waals surface area (Å²) in [5, 5.41) is 1.16. The lowest BCUT2D eigenvalue weighted by molar-refractivity contribution is 0.173. The minimum Gasteiger partial charge on any atom is -0.451 e. The molecule has 0 amide bonds. The quantitative estimate of drug-likeness (QED) is 0.861. The van der Waals surface area contributed by atoms with Crippen LogP contribution in [0.2, 0.25) is 0 Å². The molecule has 0 aliphatic carbocycles. The summed E-state index contributed by atoms with van der Waals surface area (Å²) in [5.41, 5.74) is 1.84. The molecule has 2 aromatic rings. The van der Waals surface area contributed by atoms with Gasteiger partial charge < -0.3 is 9.40 Å². The van der Waals surface area contributed by atoms with Crippen molar-refractivity contribution in [1.82, 2.24) is 9.88 Å². The highest BCUT2D eigenvalue weighted by Crippen LogP contribution is 2.18. The Kier molecular flexibility index (Phi) is 4.27. The fraction of sp³-hybridized carbons (Fsp3) is 0.450. The van der Waals surface area contributed by atoms with E-state index in [2.05, 4.69) is 45.8 Å². The van der Waals surface area contributed by atoms with Gasteiger partial charge in [0.25, 0.3) is 0 Å². The Morgan fingerprint density at radius 2 is 2.17 bits per heavy atom. The zero-order chi connectivity index (χ0) is 16.4. The monoisotopic (exact) mass is 321 g/mol. The molecule has 1 N–H and O–H groups in total. The largest absolute Gasteiger partial charge is 0.451 e. The van der Waals surface area contributed by atoms with Crippen LogP contribution in [-0.2, 0) is 6.54 Å². The summed E-state index contributed by atoms with van der Waals surface area (Å²) in [6.07, 6.45) is 5.78. The molecule has 24 heavy (non-hydrogen) atoms. The number of likely N-dealkylation sites (tertiary alicyclic amines) is 1. The van der Waals surface area contributed by atoms with Crippen molar-refractivity contribution in [3.05, 3.63) is 46.1 Å². The Bertz CT molecular complexity index is 852. The average molecular weight is 321 g/mol. The van der Waals surface area contributed by atoms with Crippen molar-refractivity contribution in [2.75, 3.05) is 19.6 Å². The number of hydrogen-bond donors (Lipinski definition) is 1. The first-order chi connectivity index (χ1) is 11.8. The lowest BCUT2D eigenvalue weighted by Gasteiger charge is -2.29. The Balaban J connectivity index is 1.43. The number of H-pyrrole nitrogens is 1. The molecule has 0 spiro atoms. The molecule has 124 valence electrons. The van der Waals surface area contributed by atoms with Crippen LogP contribution in [0.5, 0.6) is 0 Å². The maximum Gasteiger partial charge on any atom is 0.177 e. The smallest absolute Gasteiger partial charge is 0.177 e. The molecule has 4 nitrogen and oxygen atoms in total. The number of piperidine rings is 1. The van der Waals surface area contributed by atoms with E-state index in [1.165, 1.54) is 12.8 Å². The van der Waals surface area contributed by atoms with Gasteiger partial charge in [0.15, 0.2) is 5.76 Å². The normalized spacial score (nSPS) is 18.2. The molecule has 0 unspecified atom stereocenters. The van der Waals surface area contributed by atoms with Gasteiger partial charge in [-0.25, -0.2) is 0 Å². The van der Waals surface area contributed by atoms with Gasteiger partial charge in [0.05, 0.1) is 12.2 Å². The van der Waals surface area contributed by atoms with Gasteiger partial charge in [-0.05, 0) is 68.3 Å². The highest BCUT2D eigenvalue weighted by atomic mass is 16.3. The molecular formula is C20H23N3O. The third-order valence-corrected chi connectivity index (χ3v) is 4.83. The average Bonchev–Trinajstić information content (AvgIpc) is 3.21. The van der Waals surface area contributed by atoms with Crippen LogP contribution in [0.4, 0.5) is 0 Å². The number of aromatic nitrogens is 1. The Morgan fingerprint density at radius 3 is 3.00 bits per heavy atom. The number of aromatic amines is 1. The van der Waals surface area contributed by atoms with E-state index in [0.717, 1.165) is 66.4 Å². The molecular weight excluding hydrogens is 298 g/mol. The maximum atomic E-state index is 5.88. The molecule has 2 aromatic heterocycles. The van der Waals surface area contributed by atoms with Crippen molar-refractivity contribution in [2.24, 2.45) is 10.9 Å². The molecule has 4 heterocycles. The van der Waals surface area contributed by atoms with Crippen molar-refractivity contribution >= 4 is 6.08 Å². The van der Waals surface area contributed by atoms with Gasteiger partial charge in [-0.2, -0.15) is 0 Å². The fourth-order valence-electron chi connectivity index (χ4n) is 3.31. The van der Waals surface area contributed by atoms with E-state index < -0.39 is 0 Å². The number of fused-ring (bicyclic) bond motifs is 1. The maximum absolute atomic E-state index is 5.88. The fourth-order valence-corrected chi connectivity index (χ4v) is 3.31. The molecule has 0 atom stereocenters. The minimum atomic E-state index is 0.726. The van der Waals surface area contributed by atoms with Crippen LogP contribution in [0.3, 0.4) is 0 Å². The molecule has 0 aromatic carbocycles. The summed E-state index contributed by atoms with van der Waals surface area (Å²) in [5.74, 6) is 8.85. The molecule has 0 bridgehead atoms. The molecule has 1 saturated heterocycles. The Hall–Kier alpha value is -2.25. The Labute approximate surface area is 142 Å². The third-order valence-electron chi connectivity index (χ3n) is 4.83. The van der Waals surface area contributed by atoms with E-state index in [1.807, 2.05) is 12.1 Å². The first kappa shape index (κ1) is 15.3. The van der Waals surface area contributed by atoms with E-state index in [-0.39, 0.29) is 0 Å². The van der Waals surface area contributed by atoms with E-state index in [4.69, 9.17) is 4.42 Å². The molecule has 0 radical (unpaired) electrons. The van der Waals surface area contributed by atoms with Crippen LogP contribution in [0, 0.1) is 17.8 Å². The number of hydrogen-bond acceptors (Lipinski definition) is 3. The summed E-state index contributed by atoms with van der Waals surface area (Å²) >= 11 is 0. The van der Waals surface area contributed by atoms with Crippen molar-refractivity contribution in [1.29, 1.82) is 0 Å². The molecule has 0 saturated carbocycles. The standard InChI is InChI=1S/C20H23N3O/c1-15-8-11-23(12-9-15)14-19-7-6-18(24-19)5-4-17-13-16-3-2-10-21-20(16)22-17/h3,6-7,13,15H,2,8-12,14H2,1H3,(H,21,22). The number of nitrogens with one attached hydrogen (secondary N) is 1. The molecule has 1 fully saturated rings. The summed E-state index contributed by atoms with van der Waals surface area (Å²) in [6.45, 7) is 6.41. The van der Waals surface area contributed by atoms with Gasteiger partial charge in [0.1, 0.15) is 11.2 Å². The van der Waals surface area contributed by atoms with Gasteiger partial charge >= 0.3 is 0 Å². The van der Waals surface area contributed by atoms with E-state index >= 15 is 0 Å². The van der Waals surface area contributed by atoms with Crippen molar-refractivity contribution in [3.63, 3.8) is 0 Å². The molecule has 2 aliphatic rings. The highest BCUT2D eigenvalue weighted by molar-refractivity contribution is 5.38. The van der Waals surface area contributed by atoms with Gasteiger partial charge in [0, 0.05) is 11.8 Å². The van der Waals surface area contributed by atoms with Gasteiger partial charge in [-0.15, -0.1) is 0 Å². The molecule has 4 rings (SSSR count). The van der Waals surface area contributed by atoms with Crippen molar-refractivity contribution < 1.29 is 4.42 Å². The second kappa shape index (κ2) is 6.70. The highest BCUT2D eigenvalue weighted by Gasteiger charge is 2.16. The zero-order valence-corrected chi connectivity index (χ0v) is 14.1. The lowest BCUT2D eigenvalue weighted by atomic mass is 9.99. The SMILES string of the molecule is CC1CCN(Cc2ccc(C#Cc3cc4c([nH]3)=NCCC=4)o2)CC1. The van der Waals surface area contributed by atoms with E-state index in [0.29, 0.717) is 0 Å². The van der Waals surface area contributed by atoms with Crippen LogP contribution in [-0.4, -0.2) is 29.5 Å². The second-order valence-corrected chi connectivity index (χ2v) is 6.84. The topological polar surface area (TPSA) is 44.5 Å². The summed E-state index contributed by atoms with van der Waals surface area (Å²) < 4.78 is 5.88. The van der Waals surface area contributed by atoms with Crippen LogP contribution in [0.15, 0.2) is 27.6 Å². The summed E-state index contributed by atoms with van der Waals surface area (Å²) in [4.78, 5) is 10.2. The number of nitrogens with zero attached hydrogens (tertiary/aromatic N) is 2. The van der Waals surface area contributed by atoms with E-state index in [9.17, 15) is 0 Å². The van der Waals surface area contributed by atoms with E-state index in [1.54, 1.807) is 0 Å². The first-order valence-electron chi connectivity index (χ1n) is 8.83. The predicted octanol–water partition coefficient (Wildman–Crippen LogP) is 2.04. The van der Waals surface area contributed by atoms with Crippen molar-refractivity contribution in [2.45, 2.75) is 32.7 Å². The van der Waals surface area contributed by atoms with Crippen LogP contribution >= 0.6 is 0 Å². The Morgan fingerprint density at radius 1 is 1.29 bits per heavy atom. The number of furan rings is 1. The lowest BCUT2D eigenvalue weighted by Crippen LogP contribution is -2.32. The molecule has 2 aliphatic heterocycles. The van der Waals surface area contributed by atoms with Crippen LogP contribution in [0.25, 0.3) is 6.08 Å². The predicted molar refractivity (Wildman–Crippen MR) is 93.9 cm³/mol. The van der Waals surface area contributed by atoms with Crippen LogP contribution in [0.1, 0.15) is 43.4 Å². The zero-order valence-electron chi connectivity index (χ0n) is 14.1. The number of rotatable bonds is 2. The minimum absolute atomic E-state index is 0.726. The van der Waals surface area contributed by atoms with Gasteiger partial charge in [-0.3, -0.25) is 9.89 Å².